The van der Waals surface area contributed by atoms with E-state index in [1.165, 1.54) is 18.2 Å². The largest absolute Gasteiger partial charge is 0.478 e. The summed E-state index contributed by atoms with van der Waals surface area (Å²) in [5.74, 6) is -1.28. The van der Waals surface area contributed by atoms with Crippen LogP contribution in [-0.2, 0) is 6.42 Å². The zero-order chi connectivity index (χ0) is 15.4. The van der Waals surface area contributed by atoms with E-state index in [0.29, 0.717) is 6.54 Å². The van der Waals surface area contributed by atoms with Gasteiger partial charge in [0.1, 0.15) is 5.82 Å². The summed E-state index contributed by atoms with van der Waals surface area (Å²) >= 11 is 0. The standard InChI is InChI=1S/C16H17FN2O2/c1-10-8-12(17)3-2-11(10)6-7-19-13-4-5-14(16(20)21)15(18)9-13/h2-5,8-9,19H,6-7,18H2,1H3,(H,20,21). The summed E-state index contributed by atoms with van der Waals surface area (Å²) in [6, 6.07) is 9.48. The first-order valence-corrected chi connectivity index (χ1v) is 6.59. The molecule has 0 aromatic heterocycles. The van der Waals surface area contributed by atoms with Crippen molar-refractivity contribution in [2.75, 3.05) is 17.6 Å². The Morgan fingerprint density at radius 1 is 1.29 bits per heavy atom. The molecule has 2 aromatic rings. The topological polar surface area (TPSA) is 75.3 Å². The van der Waals surface area contributed by atoms with Crippen LogP contribution in [0.1, 0.15) is 21.5 Å². The van der Waals surface area contributed by atoms with Gasteiger partial charge in [-0.05, 0) is 54.8 Å². The van der Waals surface area contributed by atoms with Gasteiger partial charge in [-0.15, -0.1) is 0 Å². The lowest BCUT2D eigenvalue weighted by molar-refractivity contribution is 0.0698. The van der Waals surface area contributed by atoms with Crippen LogP contribution in [0, 0.1) is 12.7 Å². The highest BCUT2D eigenvalue weighted by atomic mass is 19.1. The molecule has 0 atom stereocenters. The Kier molecular flexibility index (Phi) is 4.42. The van der Waals surface area contributed by atoms with Gasteiger partial charge in [0.25, 0.3) is 0 Å². The third kappa shape index (κ3) is 3.72. The van der Waals surface area contributed by atoms with E-state index in [1.54, 1.807) is 18.2 Å². The molecule has 0 spiro atoms. The molecule has 0 amide bonds. The second-order valence-corrected chi connectivity index (χ2v) is 4.85. The summed E-state index contributed by atoms with van der Waals surface area (Å²) in [5, 5.41) is 12.1. The molecule has 110 valence electrons. The van der Waals surface area contributed by atoms with Crippen LogP contribution in [0.2, 0.25) is 0 Å². The molecule has 0 aliphatic heterocycles. The zero-order valence-corrected chi connectivity index (χ0v) is 11.7. The third-order valence-electron chi connectivity index (χ3n) is 3.31. The number of aryl methyl sites for hydroxylation is 1. The van der Waals surface area contributed by atoms with Crippen molar-refractivity contribution < 1.29 is 14.3 Å². The van der Waals surface area contributed by atoms with Gasteiger partial charge < -0.3 is 16.2 Å². The van der Waals surface area contributed by atoms with Crippen LogP contribution in [-0.4, -0.2) is 17.6 Å². The van der Waals surface area contributed by atoms with Crippen molar-refractivity contribution in [1.82, 2.24) is 0 Å². The molecule has 0 heterocycles. The molecule has 0 aliphatic rings. The fourth-order valence-corrected chi connectivity index (χ4v) is 2.15. The Hall–Kier alpha value is -2.56. The predicted molar refractivity (Wildman–Crippen MR) is 81.1 cm³/mol. The second-order valence-electron chi connectivity index (χ2n) is 4.85. The number of carboxylic acids is 1. The summed E-state index contributed by atoms with van der Waals surface area (Å²) in [5.41, 5.74) is 8.75. The van der Waals surface area contributed by atoms with E-state index in [9.17, 15) is 9.18 Å². The zero-order valence-electron chi connectivity index (χ0n) is 11.7. The molecule has 4 N–H and O–H groups in total. The average molecular weight is 288 g/mol. The van der Waals surface area contributed by atoms with Crippen LogP contribution in [0.25, 0.3) is 0 Å². The molecular weight excluding hydrogens is 271 g/mol. The number of aromatic carboxylic acids is 1. The van der Waals surface area contributed by atoms with Crippen molar-refractivity contribution in [3.63, 3.8) is 0 Å². The van der Waals surface area contributed by atoms with E-state index in [-0.39, 0.29) is 17.1 Å². The fourth-order valence-electron chi connectivity index (χ4n) is 2.15. The molecule has 21 heavy (non-hydrogen) atoms. The van der Waals surface area contributed by atoms with E-state index >= 15 is 0 Å². The van der Waals surface area contributed by atoms with Crippen LogP contribution in [0.4, 0.5) is 15.8 Å². The Bertz CT molecular complexity index is 671. The number of nitrogen functional groups attached to an aromatic ring is 1. The van der Waals surface area contributed by atoms with Crippen LogP contribution < -0.4 is 11.1 Å². The molecule has 0 radical (unpaired) electrons. The monoisotopic (exact) mass is 288 g/mol. The maximum atomic E-state index is 13.0. The van der Waals surface area contributed by atoms with E-state index in [1.807, 2.05) is 6.92 Å². The van der Waals surface area contributed by atoms with Gasteiger partial charge in [0, 0.05) is 17.9 Å². The lowest BCUT2D eigenvalue weighted by Crippen LogP contribution is -2.08. The minimum absolute atomic E-state index is 0.0925. The predicted octanol–water partition coefficient (Wildman–Crippen LogP) is 3.07. The first kappa shape index (κ1) is 14.8. The molecular formula is C16H17FN2O2. The van der Waals surface area contributed by atoms with Crippen molar-refractivity contribution in [2.24, 2.45) is 0 Å². The third-order valence-corrected chi connectivity index (χ3v) is 3.31. The number of halogens is 1. The quantitative estimate of drug-likeness (QED) is 0.739. The van der Waals surface area contributed by atoms with Crippen molar-refractivity contribution in [2.45, 2.75) is 13.3 Å². The van der Waals surface area contributed by atoms with Gasteiger partial charge in [-0.3, -0.25) is 0 Å². The summed E-state index contributed by atoms with van der Waals surface area (Å²) in [6.07, 6.45) is 0.743. The molecule has 0 fully saturated rings. The molecule has 0 saturated carbocycles. The Balaban J connectivity index is 1.97. The SMILES string of the molecule is Cc1cc(F)ccc1CCNc1ccc(C(=O)O)c(N)c1. The first-order chi connectivity index (χ1) is 9.97. The highest BCUT2D eigenvalue weighted by molar-refractivity contribution is 5.94. The molecule has 4 nitrogen and oxygen atoms in total. The van der Waals surface area contributed by atoms with Crippen LogP contribution in [0.3, 0.4) is 0 Å². The van der Waals surface area contributed by atoms with Gasteiger partial charge in [0.2, 0.25) is 0 Å². The molecule has 2 rings (SSSR count). The fraction of sp³-hybridized carbons (Fsp3) is 0.188. The van der Waals surface area contributed by atoms with Crippen LogP contribution >= 0.6 is 0 Å². The Morgan fingerprint density at radius 2 is 2.05 bits per heavy atom. The minimum Gasteiger partial charge on any atom is -0.478 e. The van der Waals surface area contributed by atoms with Crippen LogP contribution in [0.5, 0.6) is 0 Å². The average Bonchev–Trinajstić information content (AvgIpc) is 2.41. The number of carboxylic acid groups (broad SMARTS) is 1. The summed E-state index contributed by atoms with van der Waals surface area (Å²) in [7, 11) is 0. The summed E-state index contributed by atoms with van der Waals surface area (Å²) in [4.78, 5) is 10.9. The van der Waals surface area contributed by atoms with E-state index < -0.39 is 5.97 Å². The number of carbonyl (C=O) groups is 1. The first-order valence-electron chi connectivity index (χ1n) is 6.59. The molecule has 0 aliphatic carbocycles. The van der Waals surface area contributed by atoms with Gasteiger partial charge in [0.15, 0.2) is 0 Å². The maximum absolute atomic E-state index is 13.0. The number of rotatable bonds is 5. The summed E-state index contributed by atoms with van der Waals surface area (Å²) in [6.45, 7) is 2.52. The maximum Gasteiger partial charge on any atom is 0.337 e. The van der Waals surface area contributed by atoms with Gasteiger partial charge in [-0.1, -0.05) is 6.07 Å². The van der Waals surface area contributed by atoms with Gasteiger partial charge in [0.05, 0.1) is 5.56 Å². The Morgan fingerprint density at radius 3 is 2.67 bits per heavy atom. The molecule has 0 saturated heterocycles. The van der Waals surface area contributed by atoms with Gasteiger partial charge in [-0.25, -0.2) is 9.18 Å². The Labute approximate surface area is 122 Å². The highest BCUT2D eigenvalue weighted by Gasteiger charge is 2.07. The second kappa shape index (κ2) is 6.26. The van der Waals surface area contributed by atoms with E-state index in [0.717, 1.165) is 23.2 Å². The normalized spacial score (nSPS) is 10.4. The van der Waals surface area contributed by atoms with E-state index in [4.69, 9.17) is 10.8 Å². The summed E-state index contributed by atoms with van der Waals surface area (Å²) < 4.78 is 13.0. The smallest absolute Gasteiger partial charge is 0.337 e. The molecule has 0 unspecified atom stereocenters. The lowest BCUT2D eigenvalue weighted by Gasteiger charge is -2.10. The van der Waals surface area contributed by atoms with Crippen molar-refractivity contribution in [1.29, 1.82) is 0 Å². The van der Waals surface area contributed by atoms with Crippen molar-refractivity contribution >= 4 is 17.3 Å². The number of benzene rings is 2. The highest BCUT2D eigenvalue weighted by Crippen LogP contribution is 2.18. The number of hydrogen-bond acceptors (Lipinski definition) is 3. The number of hydrogen-bond donors (Lipinski definition) is 3. The lowest BCUT2D eigenvalue weighted by atomic mass is 10.1. The van der Waals surface area contributed by atoms with Crippen molar-refractivity contribution in [3.05, 3.63) is 58.9 Å². The number of nitrogens with two attached hydrogens (primary N) is 1. The minimum atomic E-state index is -1.04. The number of anilines is 2. The molecule has 5 heteroatoms. The molecule has 0 bridgehead atoms. The number of nitrogens with one attached hydrogen (secondary N) is 1. The van der Waals surface area contributed by atoms with E-state index in [2.05, 4.69) is 5.32 Å². The molecule has 2 aromatic carbocycles. The van der Waals surface area contributed by atoms with Gasteiger partial charge >= 0.3 is 5.97 Å². The van der Waals surface area contributed by atoms with Gasteiger partial charge in [-0.2, -0.15) is 0 Å². The van der Waals surface area contributed by atoms with Crippen LogP contribution in [0.15, 0.2) is 36.4 Å². The van der Waals surface area contributed by atoms with Crippen molar-refractivity contribution in [3.8, 4) is 0 Å².